The highest BCUT2D eigenvalue weighted by Gasteiger charge is 2.54. The van der Waals surface area contributed by atoms with Gasteiger partial charge in [-0.3, -0.25) is 0 Å². The number of aliphatic hydroxyl groups is 1. The molecule has 2 atom stereocenters. The summed E-state index contributed by atoms with van der Waals surface area (Å²) in [6.45, 7) is 3.81. The van der Waals surface area contributed by atoms with Crippen LogP contribution in [-0.4, -0.2) is 36.9 Å². The molecule has 0 saturated heterocycles. The minimum atomic E-state index is -0.427. The Morgan fingerprint density at radius 3 is 2.62 bits per heavy atom. The molecule has 3 N–H and O–H groups in total. The molecule has 2 heterocycles. The van der Waals surface area contributed by atoms with Gasteiger partial charge in [-0.05, 0) is 75.0 Å². The summed E-state index contributed by atoms with van der Waals surface area (Å²) >= 11 is 0. The van der Waals surface area contributed by atoms with Crippen LogP contribution in [0.4, 0.5) is 17.5 Å². The molecular weight excluding hydrogens is 404 g/mol. The molecule has 4 aliphatic rings. The van der Waals surface area contributed by atoms with Crippen molar-refractivity contribution < 1.29 is 9.52 Å². The Labute approximate surface area is 186 Å². The van der Waals surface area contributed by atoms with E-state index >= 15 is 0 Å². The van der Waals surface area contributed by atoms with Crippen molar-refractivity contribution in [3.05, 3.63) is 41.9 Å². The molecule has 1 aromatic carbocycles. The van der Waals surface area contributed by atoms with E-state index in [1.807, 2.05) is 37.4 Å². The largest absolute Gasteiger partial charge is 0.421 e. The molecule has 8 nitrogen and oxygen atoms in total. The zero-order valence-electron chi connectivity index (χ0n) is 18.4. The highest BCUT2D eigenvalue weighted by Crippen LogP contribution is 2.56. The second-order valence-electron chi connectivity index (χ2n) is 9.92. The van der Waals surface area contributed by atoms with E-state index in [4.69, 9.17) is 9.40 Å². The van der Waals surface area contributed by atoms with Crippen LogP contribution in [0, 0.1) is 31.6 Å². The van der Waals surface area contributed by atoms with E-state index < -0.39 is 5.60 Å². The van der Waals surface area contributed by atoms with Gasteiger partial charge in [-0.1, -0.05) is 6.07 Å². The first-order valence-electron chi connectivity index (χ1n) is 11.4. The molecule has 4 saturated carbocycles. The van der Waals surface area contributed by atoms with E-state index in [-0.39, 0.29) is 0 Å². The average molecular weight is 433 g/mol. The Kier molecular flexibility index (Phi) is 4.47. The molecule has 166 valence electrons. The predicted octanol–water partition coefficient (Wildman–Crippen LogP) is 4.24. The summed E-state index contributed by atoms with van der Waals surface area (Å²) in [5.41, 5.74) is 2.29. The van der Waals surface area contributed by atoms with E-state index in [2.05, 4.69) is 25.8 Å². The van der Waals surface area contributed by atoms with E-state index in [0.29, 0.717) is 41.5 Å². The molecule has 2 aromatic heterocycles. The quantitative estimate of drug-likeness (QED) is 0.549. The Morgan fingerprint density at radius 1 is 1.09 bits per heavy atom. The van der Waals surface area contributed by atoms with Crippen LogP contribution in [0.3, 0.4) is 0 Å². The van der Waals surface area contributed by atoms with Crippen LogP contribution < -0.4 is 10.6 Å². The standard InChI is InChI=1S/C24H28N6O2/c1-13-12-25-23(26-19-5-3-4-16(8-19)22-30-29-14(2)32-22)28-21(13)27-20-17-6-15-7-18(20)11-24(31,9-15)10-17/h3-5,8,12,15,17-18,20,31H,6-7,9-11H2,1-2H3,(H2,25,26,27,28). The summed E-state index contributed by atoms with van der Waals surface area (Å²) in [6.07, 6.45) is 7.10. The average Bonchev–Trinajstić information content (AvgIpc) is 3.18. The fraction of sp³-hybridized carbons (Fsp3) is 0.500. The summed E-state index contributed by atoms with van der Waals surface area (Å²) in [5.74, 6) is 4.16. The van der Waals surface area contributed by atoms with Gasteiger partial charge in [0.05, 0.1) is 5.60 Å². The Bertz CT molecular complexity index is 1140. The number of anilines is 3. The first-order chi connectivity index (χ1) is 15.4. The molecule has 32 heavy (non-hydrogen) atoms. The van der Waals surface area contributed by atoms with Crippen LogP contribution in [0.5, 0.6) is 0 Å². The molecule has 4 fully saturated rings. The molecule has 8 heteroatoms. The highest BCUT2D eigenvalue weighted by molar-refractivity contribution is 5.64. The maximum Gasteiger partial charge on any atom is 0.247 e. The number of aryl methyl sites for hydroxylation is 2. The van der Waals surface area contributed by atoms with Crippen LogP contribution in [0.2, 0.25) is 0 Å². The fourth-order valence-corrected chi connectivity index (χ4v) is 6.30. The molecular formula is C24H28N6O2. The van der Waals surface area contributed by atoms with Gasteiger partial charge in [0.1, 0.15) is 5.82 Å². The van der Waals surface area contributed by atoms with E-state index in [9.17, 15) is 5.11 Å². The lowest BCUT2D eigenvalue weighted by Gasteiger charge is -2.58. The Balaban J connectivity index is 1.21. The van der Waals surface area contributed by atoms with E-state index in [1.54, 1.807) is 6.92 Å². The molecule has 0 amide bonds. The number of nitrogens with zero attached hydrogens (tertiary/aromatic N) is 4. The van der Waals surface area contributed by atoms with Crippen LogP contribution in [0.25, 0.3) is 11.5 Å². The van der Waals surface area contributed by atoms with Crippen LogP contribution in [0.15, 0.2) is 34.9 Å². The summed E-state index contributed by atoms with van der Waals surface area (Å²) in [4.78, 5) is 9.28. The van der Waals surface area contributed by atoms with Gasteiger partial charge in [0.2, 0.25) is 17.7 Å². The molecule has 2 unspecified atom stereocenters. The van der Waals surface area contributed by atoms with Gasteiger partial charge in [0, 0.05) is 36.0 Å². The number of benzene rings is 1. The topological polar surface area (TPSA) is 109 Å². The van der Waals surface area contributed by atoms with Crippen molar-refractivity contribution in [2.24, 2.45) is 17.8 Å². The molecule has 4 bridgehead atoms. The number of nitrogens with one attached hydrogen (secondary N) is 2. The Hall–Kier alpha value is -3.00. The summed E-state index contributed by atoms with van der Waals surface area (Å²) in [6, 6.07) is 8.14. The van der Waals surface area contributed by atoms with Crippen LogP contribution in [0.1, 0.15) is 43.6 Å². The zero-order chi connectivity index (χ0) is 21.9. The van der Waals surface area contributed by atoms with Crippen molar-refractivity contribution in [2.75, 3.05) is 10.6 Å². The van der Waals surface area contributed by atoms with E-state index in [1.165, 1.54) is 12.8 Å². The molecule has 7 rings (SSSR count). The SMILES string of the molecule is Cc1nnc(-c2cccc(Nc3ncc(C)c(NC4C5CC6CC4CC(O)(C6)C5)n3)c2)o1. The highest BCUT2D eigenvalue weighted by atomic mass is 16.4. The van der Waals surface area contributed by atoms with Gasteiger partial charge in [-0.2, -0.15) is 4.98 Å². The lowest BCUT2D eigenvalue weighted by atomic mass is 9.52. The summed E-state index contributed by atoms with van der Waals surface area (Å²) in [7, 11) is 0. The molecule has 3 aromatic rings. The lowest BCUT2D eigenvalue weighted by molar-refractivity contribution is -0.129. The van der Waals surface area contributed by atoms with Gasteiger partial charge < -0.3 is 20.2 Å². The van der Waals surface area contributed by atoms with Crippen molar-refractivity contribution in [1.29, 1.82) is 0 Å². The van der Waals surface area contributed by atoms with Crippen molar-refractivity contribution >= 4 is 17.5 Å². The molecule has 4 aliphatic carbocycles. The molecule has 0 aliphatic heterocycles. The third kappa shape index (κ3) is 3.52. The van der Waals surface area contributed by atoms with Crippen molar-refractivity contribution in [3.63, 3.8) is 0 Å². The number of aromatic nitrogens is 4. The monoisotopic (exact) mass is 432 g/mol. The second kappa shape index (κ2) is 7.27. The predicted molar refractivity (Wildman–Crippen MR) is 120 cm³/mol. The normalized spacial score (nSPS) is 30.5. The van der Waals surface area contributed by atoms with Crippen molar-refractivity contribution in [3.8, 4) is 11.5 Å². The summed E-state index contributed by atoms with van der Waals surface area (Å²) < 4.78 is 5.54. The van der Waals surface area contributed by atoms with Gasteiger partial charge in [-0.25, -0.2) is 4.98 Å². The van der Waals surface area contributed by atoms with Gasteiger partial charge in [0.15, 0.2) is 0 Å². The lowest BCUT2D eigenvalue weighted by Crippen LogP contribution is -2.59. The zero-order valence-corrected chi connectivity index (χ0v) is 18.4. The molecule has 0 radical (unpaired) electrons. The maximum atomic E-state index is 10.9. The van der Waals surface area contributed by atoms with Crippen molar-refractivity contribution in [1.82, 2.24) is 20.2 Å². The number of rotatable bonds is 5. The number of hydrogen-bond acceptors (Lipinski definition) is 8. The minimum absolute atomic E-state index is 0.373. The van der Waals surface area contributed by atoms with Gasteiger partial charge in [0.25, 0.3) is 0 Å². The number of hydrogen-bond donors (Lipinski definition) is 3. The third-order valence-electron chi connectivity index (χ3n) is 7.41. The Morgan fingerprint density at radius 2 is 1.91 bits per heavy atom. The first kappa shape index (κ1) is 19.7. The second-order valence-corrected chi connectivity index (χ2v) is 9.92. The molecule has 0 spiro atoms. The van der Waals surface area contributed by atoms with Crippen LogP contribution >= 0.6 is 0 Å². The minimum Gasteiger partial charge on any atom is -0.421 e. The van der Waals surface area contributed by atoms with Crippen molar-refractivity contribution in [2.45, 2.75) is 57.6 Å². The van der Waals surface area contributed by atoms with Crippen LogP contribution in [-0.2, 0) is 0 Å². The van der Waals surface area contributed by atoms with E-state index in [0.717, 1.165) is 41.9 Å². The smallest absolute Gasteiger partial charge is 0.247 e. The van der Waals surface area contributed by atoms with Gasteiger partial charge >= 0.3 is 0 Å². The maximum absolute atomic E-state index is 10.9. The third-order valence-corrected chi connectivity index (χ3v) is 7.41. The van der Waals surface area contributed by atoms with Gasteiger partial charge in [-0.15, -0.1) is 10.2 Å². The summed E-state index contributed by atoms with van der Waals surface area (Å²) in [5, 5.41) is 25.9. The fourth-order valence-electron chi connectivity index (χ4n) is 6.30. The first-order valence-corrected chi connectivity index (χ1v) is 11.4.